The SMILES string of the molecule is COc1ccc2cc1OCCCCN(C(=O)c1ccc(Cn3cnnn3)cc1)CC[C@@H]1c3ccccc3N(C(C)=O)[C@@H]1C2. The smallest absolute Gasteiger partial charge is 0.253 e. The van der Waals surface area contributed by atoms with Crippen molar-refractivity contribution in [3.05, 3.63) is 95.3 Å². The third kappa shape index (κ3) is 6.09. The fraction of sp³-hybridized carbons (Fsp3) is 0.364. The summed E-state index contributed by atoms with van der Waals surface area (Å²) in [5.74, 6) is 1.48. The molecule has 10 heteroatoms. The minimum Gasteiger partial charge on any atom is -0.493 e. The molecule has 222 valence electrons. The lowest BCUT2D eigenvalue weighted by atomic mass is 9.87. The van der Waals surface area contributed by atoms with Crippen molar-refractivity contribution < 1.29 is 19.1 Å². The van der Waals surface area contributed by atoms with E-state index < -0.39 is 0 Å². The molecule has 0 unspecified atom stereocenters. The topological polar surface area (TPSA) is 103 Å². The number of carbonyl (C=O) groups excluding carboxylic acids is 2. The van der Waals surface area contributed by atoms with Crippen LogP contribution < -0.4 is 14.4 Å². The second-order valence-corrected chi connectivity index (χ2v) is 11.2. The van der Waals surface area contributed by atoms with Crippen LogP contribution in [0.15, 0.2) is 73.1 Å². The number of amides is 2. The van der Waals surface area contributed by atoms with Crippen LogP contribution in [0.25, 0.3) is 0 Å². The van der Waals surface area contributed by atoms with Crippen molar-refractivity contribution in [1.29, 1.82) is 0 Å². The minimum atomic E-state index is -0.0819. The zero-order chi connectivity index (χ0) is 29.8. The summed E-state index contributed by atoms with van der Waals surface area (Å²) in [6, 6.07) is 21.8. The van der Waals surface area contributed by atoms with E-state index in [9.17, 15) is 9.59 Å². The maximum atomic E-state index is 13.9. The fourth-order valence-electron chi connectivity index (χ4n) is 6.35. The van der Waals surface area contributed by atoms with Crippen LogP contribution in [0.5, 0.6) is 11.5 Å². The molecule has 0 radical (unpaired) electrons. The summed E-state index contributed by atoms with van der Waals surface area (Å²) in [7, 11) is 1.64. The number of rotatable bonds is 4. The highest BCUT2D eigenvalue weighted by atomic mass is 16.5. The van der Waals surface area contributed by atoms with Gasteiger partial charge in [0.2, 0.25) is 5.91 Å². The molecular formula is C33H36N6O4. The van der Waals surface area contributed by atoms with E-state index in [0.717, 1.165) is 41.6 Å². The van der Waals surface area contributed by atoms with Gasteiger partial charge in [-0.05, 0) is 83.1 Å². The first-order chi connectivity index (χ1) is 21.0. The standard InChI is InChI=1S/C33H36N6O4/c1-23(40)39-29-8-4-3-7-27(29)28-15-17-37(33(41)26-12-9-24(10-13-26)21-38-22-34-35-36-38)16-5-6-18-43-32-20-25(19-30(28)39)11-14-31(32)42-2/h3-4,7-14,20,22,28,30H,5-6,15-19,21H2,1-2H3/t28-,30-/m1/s1. The van der Waals surface area contributed by atoms with Crippen molar-refractivity contribution in [2.45, 2.75) is 51.1 Å². The molecule has 0 spiro atoms. The summed E-state index contributed by atoms with van der Waals surface area (Å²) in [5, 5.41) is 11.3. The van der Waals surface area contributed by atoms with Crippen LogP contribution in [0.1, 0.15) is 59.2 Å². The quantitative estimate of drug-likeness (QED) is 0.350. The highest BCUT2D eigenvalue weighted by Gasteiger charge is 2.40. The number of benzene rings is 3. The van der Waals surface area contributed by atoms with Gasteiger partial charge in [-0.2, -0.15) is 0 Å². The van der Waals surface area contributed by atoms with Gasteiger partial charge in [-0.15, -0.1) is 5.10 Å². The molecule has 2 aliphatic heterocycles. The molecule has 6 rings (SSSR count). The summed E-state index contributed by atoms with van der Waals surface area (Å²) < 4.78 is 13.4. The molecule has 0 saturated carbocycles. The molecule has 2 bridgehead atoms. The summed E-state index contributed by atoms with van der Waals surface area (Å²) in [6.07, 6.45) is 4.58. The number of tetrazole rings is 1. The van der Waals surface area contributed by atoms with Gasteiger partial charge in [-0.1, -0.05) is 36.4 Å². The maximum absolute atomic E-state index is 13.9. The number of anilines is 1. The van der Waals surface area contributed by atoms with Gasteiger partial charge in [-0.25, -0.2) is 4.68 Å². The Bertz CT molecular complexity index is 1570. The Morgan fingerprint density at radius 2 is 1.86 bits per heavy atom. The third-order valence-electron chi connectivity index (χ3n) is 8.42. The van der Waals surface area contributed by atoms with Crippen molar-refractivity contribution in [2.75, 3.05) is 31.7 Å². The molecular weight excluding hydrogens is 544 g/mol. The van der Waals surface area contributed by atoms with Crippen LogP contribution in [-0.2, 0) is 17.8 Å². The van der Waals surface area contributed by atoms with E-state index in [4.69, 9.17) is 9.47 Å². The van der Waals surface area contributed by atoms with Gasteiger partial charge in [0.15, 0.2) is 11.5 Å². The Kier molecular flexibility index (Phi) is 8.35. The number of nitrogens with zero attached hydrogens (tertiary/aromatic N) is 6. The van der Waals surface area contributed by atoms with Gasteiger partial charge in [0, 0.05) is 43.2 Å². The highest BCUT2D eigenvalue weighted by molar-refractivity contribution is 5.95. The van der Waals surface area contributed by atoms with Crippen LogP contribution in [0.2, 0.25) is 0 Å². The van der Waals surface area contributed by atoms with Gasteiger partial charge in [-0.3, -0.25) is 9.59 Å². The maximum Gasteiger partial charge on any atom is 0.253 e. The largest absolute Gasteiger partial charge is 0.493 e. The average Bonchev–Trinajstić information content (AvgIpc) is 3.64. The molecule has 43 heavy (non-hydrogen) atoms. The molecule has 2 amide bonds. The molecule has 3 heterocycles. The second kappa shape index (κ2) is 12.6. The van der Waals surface area contributed by atoms with Gasteiger partial charge in [0.1, 0.15) is 6.33 Å². The van der Waals surface area contributed by atoms with Gasteiger partial charge in [0.25, 0.3) is 5.91 Å². The predicted octanol–water partition coefficient (Wildman–Crippen LogP) is 4.50. The normalized spacial score (nSPS) is 18.7. The zero-order valence-corrected chi connectivity index (χ0v) is 24.6. The number of fused-ring (bicyclic) bond motifs is 5. The molecule has 0 fully saturated rings. The lowest BCUT2D eigenvalue weighted by Gasteiger charge is -2.31. The van der Waals surface area contributed by atoms with Gasteiger partial charge < -0.3 is 19.3 Å². The summed E-state index contributed by atoms with van der Waals surface area (Å²) in [5.41, 5.74) is 4.84. The Hall–Kier alpha value is -4.73. The summed E-state index contributed by atoms with van der Waals surface area (Å²) >= 11 is 0. The fourth-order valence-corrected chi connectivity index (χ4v) is 6.35. The van der Waals surface area contributed by atoms with Gasteiger partial charge in [0.05, 0.1) is 20.3 Å². The molecule has 1 aromatic heterocycles. The molecule has 10 nitrogen and oxygen atoms in total. The van der Waals surface area contributed by atoms with Gasteiger partial charge >= 0.3 is 0 Å². The Morgan fingerprint density at radius 1 is 1.02 bits per heavy atom. The molecule has 4 aromatic rings. The Balaban J connectivity index is 1.29. The van der Waals surface area contributed by atoms with Crippen LogP contribution >= 0.6 is 0 Å². The zero-order valence-electron chi connectivity index (χ0n) is 24.6. The van der Waals surface area contributed by atoms with Crippen molar-refractivity contribution in [3.8, 4) is 11.5 Å². The van der Waals surface area contributed by atoms with Crippen molar-refractivity contribution >= 4 is 17.5 Å². The van der Waals surface area contributed by atoms with E-state index in [1.165, 1.54) is 0 Å². The van der Waals surface area contributed by atoms with Crippen LogP contribution in [-0.4, -0.2) is 69.8 Å². The van der Waals surface area contributed by atoms with E-state index in [0.29, 0.717) is 49.7 Å². The van der Waals surface area contributed by atoms with Crippen LogP contribution in [0, 0.1) is 0 Å². The number of para-hydroxylation sites is 1. The van der Waals surface area contributed by atoms with E-state index in [-0.39, 0.29) is 23.8 Å². The lowest BCUT2D eigenvalue weighted by molar-refractivity contribution is -0.117. The van der Waals surface area contributed by atoms with Crippen molar-refractivity contribution in [1.82, 2.24) is 25.1 Å². The summed E-state index contributed by atoms with van der Waals surface area (Å²) in [4.78, 5) is 30.8. The monoisotopic (exact) mass is 580 g/mol. The number of methoxy groups -OCH3 is 1. The van der Waals surface area contributed by atoms with Crippen LogP contribution in [0.3, 0.4) is 0 Å². The minimum absolute atomic E-state index is 0.000120. The number of aromatic nitrogens is 4. The predicted molar refractivity (Wildman–Crippen MR) is 161 cm³/mol. The highest BCUT2D eigenvalue weighted by Crippen LogP contribution is 2.44. The van der Waals surface area contributed by atoms with E-state index >= 15 is 0 Å². The summed E-state index contributed by atoms with van der Waals surface area (Å²) in [6.45, 7) is 3.88. The Morgan fingerprint density at radius 3 is 2.63 bits per heavy atom. The molecule has 0 aliphatic carbocycles. The van der Waals surface area contributed by atoms with E-state index in [1.54, 1.807) is 25.0 Å². The molecule has 3 aromatic carbocycles. The molecule has 0 N–H and O–H groups in total. The average molecular weight is 581 g/mol. The van der Waals surface area contributed by atoms with E-state index in [2.05, 4.69) is 27.7 Å². The first kappa shape index (κ1) is 28.4. The van der Waals surface area contributed by atoms with Crippen molar-refractivity contribution in [2.24, 2.45) is 0 Å². The van der Waals surface area contributed by atoms with Crippen molar-refractivity contribution in [3.63, 3.8) is 0 Å². The Labute approximate surface area is 251 Å². The number of carbonyl (C=O) groups is 2. The molecule has 0 saturated heterocycles. The first-order valence-corrected chi connectivity index (χ1v) is 14.8. The van der Waals surface area contributed by atoms with Crippen LogP contribution in [0.4, 0.5) is 5.69 Å². The second-order valence-electron chi connectivity index (χ2n) is 11.2. The number of ether oxygens (including phenoxy) is 2. The lowest BCUT2D eigenvalue weighted by Crippen LogP contribution is -2.41. The van der Waals surface area contributed by atoms with E-state index in [1.807, 2.05) is 64.4 Å². The third-order valence-corrected chi connectivity index (χ3v) is 8.42. The number of hydrogen-bond acceptors (Lipinski definition) is 7. The number of hydrogen-bond donors (Lipinski definition) is 0. The molecule has 2 atom stereocenters. The molecule has 2 aliphatic rings. The first-order valence-electron chi connectivity index (χ1n) is 14.8.